The zero-order chi connectivity index (χ0) is 15.5. The standard InChI is InChI=1S/C16H32N4O/c1-5-19-10-6-14(7-11-19)18(4)15(21)16(2,3)20-12-8-17-9-13-20/h14,17H,5-13H2,1-4H3. The number of nitrogens with zero attached hydrogens (tertiary/aromatic N) is 3. The third-order valence-electron chi connectivity index (χ3n) is 5.30. The van der Waals surface area contributed by atoms with Crippen molar-refractivity contribution >= 4 is 5.91 Å². The van der Waals surface area contributed by atoms with Crippen molar-refractivity contribution in [1.29, 1.82) is 0 Å². The van der Waals surface area contributed by atoms with Crippen LogP contribution < -0.4 is 5.32 Å². The predicted molar refractivity (Wildman–Crippen MR) is 86.4 cm³/mol. The summed E-state index contributed by atoms with van der Waals surface area (Å²) in [6.45, 7) is 13.6. The van der Waals surface area contributed by atoms with Gasteiger partial charge in [-0.2, -0.15) is 0 Å². The van der Waals surface area contributed by atoms with Gasteiger partial charge in [-0.15, -0.1) is 0 Å². The first-order chi connectivity index (χ1) is 9.96. The normalized spacial score (nSPS) is 23.2. The Balaban J connectivity index is 1.94. The average Bonchev–Trinajstić information content (AvgIpc) is 2.54. The van der Waals surface area contributed by atoms with E-state index in [0.29, 0.717) is 6.04 Å². The molecule has 5 heteroatoms. The van der Waals surface area contributed by atoms with Gasteiger partial charge in [0, 0.05) is 52.4 Å². The minimum Gasteiger partial charge on any atom is -0.341 e. The molecule has 0 unspecified atom stereocenters. The Kier molecular flexibility index (Phi) is 5.63. The number of carbonyl (C=O) groups is 1. The van der Waals surface area contributed by atoms with Crippen LogP contribution in [-0.4, -0.2) is 85.0 Å². The lowest BCUT2D eigenvalue weighted by Gasteiger charge is -2.44. The molecule has 2 aliphatic rings. The van der Waals surface area contributed by atoms with Crippen molar-refractivity contribution in [2.75, 3.05) is 52.9 Å². The fraction of sp³-hybridized carbons (Fsp3) is 0.938. The smallest absolute Gasteiger partial charge is 0.242 e. The van der Waals surface area contributed by atoms with E-state index in [0.717, 1.165) is 58.7 Å². The van der Waals surface area contributed by atoms with Gasteiger partial charge in [-0.05, 0) is 33.2 Å². The summed E-state index contributed by atoms with van der Waals surface area (Å²) in [5, 5.41) is 3.36. The lowest BCUT2D eigenvalue weighted by atomic mass is 9.96. The molecule has 1 N–H and O–H groups in total. The van der Waals surface area contributed by atoms with Crippen LogP contribution in [-0.2, 0) is 4.79 Å². The number of hydrogen-bond acceptors (Lipinski definition) is 4. The largest absolute Gasteiger partial charge is 0.341 e. The summed E-state index contributed by atoms with van der Waals surface area (Å²) in [6, 6.07) is 0.405. The lowest BCUT2D eigenvalue weighted by molar-refractivity contribution is -0.144. The zero-order valence-electron chi connectivity index (χ0n) is 14.2. The van der Waals surface area contributed by atoms with Gasteiger partial charge in [0.15, 0.2) is 0 Å². The Morgan fingerprint density at radius 1 is 1.19 bits per heavy atom. The maximum absolute atomic E-state index is 13.0. The minimum atomic E-state index is -0.390. The van der Waals surface area contributed by atoms with E-state index < -0.39 is 5.54 Å². The molecule has 0 spiro atoms. The van der Waals surface area contributed by atoms with Crippen LogP contribution in [0.5, 0.6) is 0 Å². The Morgan fingerprint density at radius 3 is 2.29 bits per heavy atom. The predicted octanol–water partition coefficient (Wildman–Crippen LogP) is 0.613. The molecule has 0 atom stereocenters. The second kappa shape index (κ2) is 7.07. The van der Waals surface area contributed by atoms with Crippen LogP contribution in [0.1, 0.15) is 33.6 Å². The number of piperazine rings is 1. The first-order valence-corrected chi connectivity index (χ1v) is 8.42. The van der Waals surface area contributed by atoms with E-state index in [-0.39, 0.29) is 5.91 Å². The minimum absolute atomic E-state index is 0.277. The molecular formula is C16H32N4O. The summed E-state index contributed by atoms with van der Waals surface area (Å²) in [5.74, 6) is 0.277. The van der Waals surface area contributed by atoms with E-state index in [1.54, 1.807) is 0 Å². The number of rotatable bonds is 4. The highest BCUT2D eigenvalue weighted by Gasteiger charge is 2.39. The third kappa shape index (κ3) is 3.76. The van der Waals surface area contributed by atoms with E-state index in [1.165, 1.54) is 0 Å². The number of hydrogen-bond donors (Lipinski definition) is 1. The fourth-order valence-electron chi connectivity index (χ4n) is 3.58. The summed E-state index contributed by atoms with van der Waals surface area (Å²) < 4.78 is 0. The second-order valence-corrected chi connectivity index (χ2v) is 6.88. The van der Waals surface area contributed by atoms with E-state index in [9.17, 15) is 4.79 Å². The van der Waals surface area contributed by atoms with Gasteiger partial charge in [0.2, 0.25) is 5.91 Å². The Bertz CT molecular complexity index is 344. The molecule has 0 radical (unpaired) electrons. The van der Waals surface area contributed by atoms with Crippen LogP contribution in [0.15, 0.2) is 0 Å². The molecule has 2 rings (SSSR count). The maximum Gasteiger partial charge on any atom is 0.242 e. The van der Waals surface area contributed by atoms with Crippen LogP contribution >= 0.6 is 0 Å². The topological polar surface area (TPSA) is 38.8 Å². The van der Waals surface area contributed by atoms with Crippen molar-refractivity contribution in [2.24, 2.45) is 0 Å². The molecule has 0 aromatic carbocycles. The van der Waals surface area contributed by atoms with Gasteiger partial charge >= 0.3 is 0 Å². The summed E-state index contributed by atoms with van der Waals surface area (Å²) in [6.07, 6.45) is 2.21. The molecule has 0 aromatic heterocycles. The molecule has 2 aliphatic heterocycles. The van der Waals surface area contributed by atoms with Crippen molar-refractivity contribution in [3.05, 3.63) is 0 Å². The van der Waals surface area contributed by atoms with Crippen LogP contribution in [0.25, 0.3) is 0 Å². The van der Waals surface area contributed by atoms with Crippen LogP contribution in [0, 0.1) is 0 Å². The maximum atomic E-state index is 13.0. The number of likely N-dealkylation sites (tertiary alicyclic amines) is 1. The molecule has 2 fully saturated rings. The molecule has 21 heavy (non-hydrogen) atoms. The molecule has 2 saturated heterocycles. The highest BCUT2D eigenvalue weighted by molar-refractivity contribution is 5.85. The van der Waals surface area contributed by atoms with E-state index >= 15 is 0 Å². The molecule has 0 aromatic rings. The number of amides is 1. The molecule has 2 heterocycles. The first kappa shape index (κ1) is 16.7. The van der Waals surface area contributed by atoms with Gasteiger partial charge in [0.1, 0.15) is 0 Å². The molecular weight excluding hydrogens is 264 g/mol. The quantitative estimate of drug-likeness (QED) is 0.825. The number of carbonyl (C=O) groups excluding carboxylic acids is 1. The van der Waals surface area contributed by atoms with Gasteiger partial charge in [-0.1, -0.05) is 6.92 Å². The highest BCUT2D eigenvalue weighted by Crippen LogP contribution is 2.22. The summed E-state index contributed by atoms with van der Waals surface area (Å²) >= 11 is 0. The fourth-order valence-corrected chi connectivity index (χ4v) is 3.58. The van der Waals surface area contributed by atoms with E-state index in [1.807, 2.05) is 11.9 Å². The molecule has 0 bridgehead atoms. The van der Waals surface area contributed by atoms with Gasteiger partial charge in [0.05, 0.1) is 5.54 Å². The third-order valence-corrected chi connectivity index (χ3v) is 5.30. The van der Waals surface area contributed by atoms with Crippen LogP contribution in [0.2, 0.25) is 0 Å². The summed E-state index contributed by atoms with van der Waals surface area (Å²) in [4.78, 5) is 19.8. The van der Waals surface area contributed by atoms with Gasteiger partial charge < -0.3 is 15.1 Å². The van der Waals surface area contributed by atoms with Crippen LogP contribution in [0.3, 0.4) is 0 Å². The van der Waals surface area contributed by atoms with Gasteiger partial charge in [-0.25, -0.2) is 0 Å². The van der Waals surface area contributed by atoms with Crippen molar-refractivity contribution < 1.29 is 4.79 Å². The van der Waals surface area contributed by atoms with Gasteiger partial charge in [-0.3, -0.25) is 9.69 Å². The Labute approximate surface area is 129 Å². The zero-order valence-corrected chi connectivity index (χ0v) is 14.2. The van der Waals surface area contributed by atoms with Crippen molar-refractivity contribution in [1.82, 2.24) is 20.0 Å². The SMILES string of the molecule is CCN1CCC(N(C)C(=O)C(C)(C)N2CCNCC2)CC1. The van der Waals surface area contributed by atoms with E-state index in [2.05, 4.69) is 35.9 Å². The molecule has 0 aliphatic carbocycles. The molecule has 0 saturated carbocycles. The van der Waals surface area contributed by atoms with Crippen molar-refractivity contribution in [3.63, 3.8) is 0 Å². The summed E-state index contributed by atoms with van der Waals surface area (Å²) in [5.41, 5.74) is -0.390. The lowest BCUT2D eigenvalue weighted by Crippen LogP contribution is -2.61. The Morgan fingerprint density at radius 2 is 1.76 bits per heavy atom. The molecule has 122 valence electrons. The Hall–Kier alpha value is -0.650. The molecule has 5 nitrogen and oxygen atoms in total. The van der Waals surface area contributed by atoms with Crippen molar-refractivity contribution in [3.8, 4) is 0 Å². The highest BCUT2D eigenvalue weighted by atomic mass is 16.2. The molecule has 1 amide bonds. The van der Waals surface area contributed by atoms with Crippen molar-refractivity contribution in [2.45, 2.75) is 45.2 Å². The first-order valence-electron chi connectivity index (χ1n) is 8.42. The van der Waals surface area contributed by atoms with Crippen LogP contribution in [0.4, 0.5) is 0 Å². The number of nitrogens with one attached hydrogen (secondary N) is 1. The average molecular weight is 296 g/mol. The second-order valence-electron chi connectivity index (χ2n) is 6.88. The van der Waals surface area contributed by atoms with E-state index in [4.69, 9.17) is 0 Å². The number of likely N-dealkylation sites (N-methyl/N-ethyl adjacent to an activating group) is 1. The number of piperidine rings is 1. The monoisotopic (exact) mass is 296 g/mol. The van der Waals surface area contributed by atoms with Gasteiger partial charge in [0.25, 0.3) is 0 Å². The summed E-state index contributed by atoms with van der Waals surface area (Å²) in [7, 11) is 2.00.